The summed E-state index contributed by atoms with van der Waals surface area (Å²) >= 11 is 0. The lowest BCUT2D eigenvalue weighted by Crippen LogP contribution is -2.52. The first kappa shape index (κ1) is 40.3. The molecule has 14 nitrogen and oxygen atoms in total. The third-order valence-electron chi connectivity index (χ3n) is 12.5. The Kier molecular flexibility index (Phi) is 11.1. The molecule has 3 aromatic carbocycles. The highest BCUT2D eigenvalue weighted by Crippen LogP contribution is 2.44. The van der Waals surface area contributed by atoms with E-state index in [4.69, 9.17) is 24.2 Å². The summed E-state index contributed by atoms with van der Waals surface area (Å²) in [5.74, 6) is 2.23. The van der Waals surface area contributed by atoms with Gasteiger partial charge in [-0.15, -0.1) is 0 Å². The van der Waals surface area contributed by atoms with Crippen molar-refractivity contribution >= 4 is 39.7 Å². The first-order chi connectivity index (χ1) is 28.4. The highest BCUT2D eigenvalue weighted by molar-refractivity contribution is 6.07. The van der Waals surface area contributed by atoms with E-state index in [-0.39, 0.29) is 53.9 Å². The molecular formula is C45H56N8O6. The number of fused-ring (bicyclic) bond motifs is 6. The second-order valence-corrected chi connectivity index (χ2v) is 17.1. The van der Waals surface area contributed by atoms with Gasteiger partial charge in [0.2, 0.25) is 11.8 Å². The van der Waals surface area contributed by atoms with Crippen LogP contribution in [0.3, 0.4) is 0 Å². The van der Waals surface area contributed by atoms with Gasteiger partial charge in [0.15, 0.2) is 0 Å². The number of hydrogen-bond acceptors (Lipinski definition) is 9. The van der Waals surface area contributed by atoms with Crippen molar-refractivity contribution in [2.45, 2.75) is 110 Å². The van der Waals surface area contributed by atoms with Gasteiger partial charge in [0.1, 0.15) is 30.0 Å². The Morgan fingerprint density at radius 3 is 2.22 bits per heavy atom. The Labute approximate surface area is 344 Å². The van der Waals surface area contributed by atoms with Crippen LogP contribution in [0.1, 0.15) is 96.5 Å². The van der Waals surface area contributed by atoms with Crippen LogP contribution in [0.2, 0.25) is 0 Å². The molecule has 3 amide bonds. The number of nitrogens with zero attached hydrogens (tertiary/aromatic N) is 4. The monoisotopic (exact) mass is 804 g/mol. The van der Waals surface area contributed by atoms with E-state index in [0.717, 1.165) is 92.8 Å². The maximum atomic E-state index is 14.0. The largest absolute Gasteiger partial charge is 0.488 e. The molecular weight excluding hydrogens is 749 g/mol. The quantitative estimate of drug-likeness (QED) is 0.0998. The molecule has 2 saturated heterocycles. The minimum atomic E-state index is -0.709. The number of methoxy groups -OCH3 is 2. The maximum absolute atomic E-state index is 14.0. The summed E-state index contributed by atoms with van der Waals surface area (Å²) in [7, 11) is 2.92. The van der Waals surface area contributed by atoms with E-state index in [9.17, 15) is 14.4 Å². The van der Waals surface area contributed by atoms with Crippen LogP contribution in [0.5, 0.6) is 5.75 Å². The molecule has 2 aromatic heterocycles. The Hall–Kier alpha value is -5.47. The minimum Gasteiger partial charge on any atom is -0.488 e. The predicted molar refractivity (Wildman–Crippen MR) is 225 cm³/mol. The van der Waals surface area contributed by atoms with Crippen molar-refractivity contribution in [3.05, 3.63) is 65.9 Å². The highest BCUT2D eigenvalue weighted by atomic mass is 16.5. The zero-order chi connectivity index (χ0) is 41.7. The summed E-state index contributed by atoms with van der Waals surface area (Å²) in [6, 6.07) is 13.5. The van der Waals surface area contributed by atoms with Crippen LogP contribution >= 0.6 is 0 Å². The smallest absolute Gasteiger partial charge is 0.407 e. The molecule has 0 aliphatic carbocycles. The van der Waals surface area contributed by atoms with E-state index < -0.39 is 12.1 Å². The Morgan fingerprint density at radius 1 is 0.847 bits per heavy atom. The topological polar surface area (TPSA) is 167 Å². The van der Waals surface area contributed by atoms with Gasteiger partial charge in [-0.1, -0.05) is 45.9 Å². The van der Waals surface area contributed by atoms with Gasteiger partial charge in [-0.3, -0.25) is 14.9 Å². The molecule has 3 aliphatic heterocycles. The number of carbonyl (C=O) groups excluding carboxylic acids is 3. The standard InChI is InChI=1S/C45H56N8O6/c1-23(2)38(47-22-57-7)43(54)53-26(6)10-16-36(53)42-48-33-14-12-27-18-32-30-13-11-28(17-29(30)21-59-37(32)19-31(27)40(33)50-42)34-20-46-41(49-34)35-15-9-25(5)52(35)44(55)39(24(3)4)51-45(56)58-8/h11-14,17-20,23-26,35-36,38-39,47H,9-10,15-16,21-22H2,1-8H3,(H,46,49)(H,48,50)(H,51,56)/t25-,26-,35-,36-,38-,39-/m0/s1. The first-order valence-electron chi connectivity index (χ1n) is 20.9. The van der Waals surface area contributed by atoms with Crippen molar-refractivity contribution in [1.82, 2.24) is 40.4 Å². The van der Waals surface area contributed by atoms with Gasteiger partial charge in [-0.25, -0.2) is 14.8 Å². The molecule has 5 heterocycles. The van der Waals surface area contributed by atoms with E-state index >= 15 is 0 Å². The summed E-state index contributed by atoms with van der Waals surface area (Å²) in [5.41, 5.74) is 6.80. The van der Waals surface area contributed by atoms with Crippen molar-refractivity contribution in [1.29, 1.82) is 0 Å². The van der Waals surface area contributed by atoms with E-state index in [1.54, 1.807) is 7.11 Å². The van der Waals surface area contributed by atoms with Crippen LogP contribution in [-0.4, -0.2) is 92.8 Å². The van der Waals surface area contributed by atoms with Crippen molar-refractivity contribution in [3.8, 4) is 28.1 Å². The number of alkyl carbamates (subject to hydrolysis) is 1. The first-order valence-corrected chi connectivity index (χ1v) is 20.9. The lowest BCUT2D eigenvalue weighted by Gasteiger charge is -2.33. The summed E-state index contributed by atoms with van der Waals surface area (Å²) in [6.45, 7) is 12.8. The molecule has 312 valence electrons. The lowest BCUT2D eigenvalue weighted by atomic mass is 9.92. The molecule has 8 rings (SSSR count). The van der Waals surface area contributed by atoms with Crippen LogP contribution in [0.4, 0.5) is 4.79 Å². The van der Waals surface area contributed by atoms with Gasteiger partial charge in [0.25, 0.3) is 0 Å². The molecule has 6 atom stereocenters. The van der Waals surface area contributed by atoms with Crippen LogP contribution in [0.25, 0.3) is 44.2 Å². The van der Waals surface area contributed by atoms with Gasteiger partial charge in [-0.05, 0) is 97.7 Å². The SMILES string of the molecule is COCN[C@H](C(=O)N1[C@@H](C)CC[C@H]1c1nc2c(ccc3cc4c(cc32)OCc2cc(-c3cnc([C@@H]5CC[C@H](C)N5C(=O)[C@@H](NC(=O)OC)C(C)C)[nH]3)ccc2-4)[nH]1)C(C)C. The van der Waals surface area contributed by atoms with Crippen molar-refractivity contribution in [2.24, 2.45) is 11.8 Å². The summed E-state index contributed by atoms with van der Waals surface area (Å²) in [6.07, 6.45) is 4.54. The molecule has 0 radical (unpaired) electrons. The minimum absolute atomic E-state index is 0.00562. The molecule has 0 saturated carbocycles. The Balaban J connectivity index is 1.04. The number of rotatable bonds is 11. The molecule has 4 N–H and O–H groups in total. The average Bonchev–Trinajstić information content (AvgIpc) is 4.04. The van der Waals surface area contributed by atoms with Crippen molar-refractivity contribution < 1.29 is 28.6 Å². The van der Waals surface area contributed by atoms with Crippen LogP contribution < -0.4 is 15.4 Å². The predicted octanol–water partition coefficient (Wildman–Crippen LogP) is 7.37. The fraction of sp³-hybridized carbons (Fsp3) is 0.489. The molecule has 59 heavy (non-hydrogen) atoms. The fourth-order valence-electron chi connectivity index (χ4n) is 9.33. The van der Waals surface area contributed by atoms with Gasteiger partial charge >= 0.3 is 6.09 Å². The number of ether oxygens (including phenoxy) is 3. The zero-order valence-corrected chi connectivity index (χ0v) is 35.2. The molecule has 0 spiro atoms. The molecule has 3 aliphatic rings. The van der Waals surface area contributed by atoms with E-state index in [1.165, 1.54) is 7.11 Å². The van der Waals surface area contributed by atoms with Crippen molar-refractivity contribution in [3.63, 3.8) is 0 Å². The zero-order valence-electron chi connectivity index (χ0n) is 35.2. The number of carbonyl (C=O) groups is 3. The Bertz CT molecular complexity index is 2390. The number of H-pyrrole nitrogens is 2. The van der Waals surface area contributed by atoms with E-state index in [2.05, 4.69) is 83.8 Å². The Morgan fingerprint density at radius 2 is 1.54 bits per heavy atom. The second kappa shape index (κ2) is 16.3. The summed E-state index contributed by atoms with van der Waals surface area (Å²) in [5, 5.41) is 8.06. The summed E-state index contributed by atoms with van der Waals surface area (Å²) < 4.78 is 16.5. The second-order valence-electron chi connectivity index (χ2n) is 17.1. The normalized spacial score (nSPS) is 21.2. The van der Waals surface area contributed by atoms with Crippen LogP contribution in [0, 0.1) is 11.8 Å². The average molecular weight is 805 g/mol. The molecule has 0 unspecified atom stereocenters. The summed E-state index contributed by atoms with van der Waals surface area (Å²) in [4.78, 5) is 60.8. The van der Waals surface area contributed by atoms with Crippen LogP contribution in [0.15, 0.2) is 48.7 Å². The van der Waals surface area contributed by atoms with Gasteiger partial charge in [0, 0.05) is 30.1 Å². The number of likely N-dealkylation sites (tertiary alicyclic amines) is 2. The third-order valence-corrected chi connectivity index (χ3v) is 12.5. The number of nitrogens with one attached hydrogen (secondary N) is 4. The maximum Gasteiger partial charge on any atom is 0.407 e. The van der Waals surface area contributed by atoms with Crippen LogP contribution in [-0.2, 0) is 25.7 Å². The number of imidazole rings is 2. The number of aromatic amines is 2. The lowest BCUT2D eigenvalue weighted by molar-refractivity contribution is -0.138. The number of benzene rings is 3. The van der Waals surface area contributed by atoms with E-state index in [1.807, 2.05) is 36.8 Å². The van der Waals surface area contributed by atoms with Gasteiger partial charge < -0.3 is 39.3 Å². The highest BCUT2D eigenvalue weighted by Gasteiger charge is 2.42. The number of hydrogen-bond donors (Lipinski definition) is 4. The molecule has 14 heteroatoms. The van der Waals surface area contributed by atoms with Gasteiger partial charge in [-0.2, -0.15) is 0 Å². The molecule has 0 bridgehead atoms. The number of amides is 3. The van der Waals surface area contributed by atoms with E-state index in [0.29, 0.717) is 13.3 Å². The molecule has 2 fully saturated rings. The van der Waals surface area contributed by atoms with Crippen molar-refractivity contribution in [2.75, 3.05) is 21.0 Å². The van der Waals surface area contributed by atoms with Gasteiger partial charge in [0.05, 0.1) is 54.9 Å². The third kappa shape index (κ3) is 7.41. The molecule has 5 aromatic rings. The number of aromatic nitrogens is 4. The fourth-order valence-corrected chi connectivity index (χ4v) is 9.33.